The standard InChI is InChI=1S/C11H20O2Si/c1-8(2)14-11-9(12-3)6-5-7-10(11)13-4/h6-8,11H,5,14H2,1-4H3. The molecular weight excluding hydrogens is 192 g/mol. The fourth-order valence-electron chi connectivity index (χ4n) is 1.87. The first kappa shape index (κ1) is 11.4. The zero-order chi connectivity index (χ0) is 10.6. The first-order valence-corrected chi connectivity index (χ1v) is 6.80. The van der Waals surface area contributed by atoms with Crippen LogP contribution in [0.15, 0.2) is 23.7 Å². The molecule has 0 saturated carbocycles. The largest absolute Gasteiger partial charge is 0.501 e. The summed E-state index contributed by atoms with van der Waals surface area (Å²) in [6, 6.07) is 0. The van der Waals surface area contributed by atoms with Gasteiger partial charge in [-0.2, -0.15) is 0 Å². The van der Waals surface area contributed by atoms with E-state index in [-0.39, 0.29) is 9.52 Å². The monoisotopic (exact) mass is 212 g/mol. The summed E-state index contributed by atoms with van der Waals surface area (Å²) in [5.74, 6) is 2.23. The molecule has 0 aromatic rings. The zero-order valence-corrected chi connectivity index (χ0v) is 11.0. The first-order chi connectivity index (χ1) is 6.69. The van der Waals surface area contributed by atoms with Crippen LogP contribution in [0.1, 0.15) is 20.3 Å². The topological polar surface area (TPSA) is 18.5 Å². The molecule has 0 heterocycles. The molecule has 2 nitrogen and oxygen atoms in total. The molecule has 14 heavy (non-hydrogen) atoms. The van der Waals surface area contributed by atoms with Crippen molar-refractivity contribution in [2.75, 3.05) is 14.2 Å². The lowest BCUT2D eigenvalue weighted by atomic mass is 10.1. The quantitative estimate of drug-likeness (QED) is 0.665. The Balaban J connectivity index is 2.75. The predicted octanol–water partition coefficient (Wildman–Crippen LogP) is 2.24. The summed E-state index contributed by atoms with van der Waals surface area (Å²) in [7, 11) is 3.31. The van der Waals surface area contributed by atoms with Crippen molar-refractivity contribution >= 4 is 9.52 Å². The molecule has 0 fully saturated rings. The SMILES string of the molecule is COC1=CCC=C(OC)C1[SiH2]C(C)C. The third-order valence-electron chi connectivity index (χ3n) is 2.50. The van der Waals surface area contributed by atoms with Crippen LogP contribution in [0.4, 0.5) is 0 Å². The molecule has 0 spiro atoms. The first-order valence-electron chi connectivity index (χ1n) is 5.17. The van der Waals surface area contributed by atoms with Crippen LogP contribution in [0.5, 0.6) is 0 Å². The van der Waals surface area contributed by atoms with Crippen molar-refractivity contribution in [3.8, 4) is 0 Å². The van der Waals surface area contributed by atoms with Gasteiger partial charge in [-0.1, -0.05) is 19.4 Å². The maximum absolute atomic E-state index is 5.41. The zero-order valence-electron chi connectivity index (χ0n) is 9.54. The van der Waals surface area contributed by atoms with Crippen molar-refractivity contribution in [1.82, 2.24) is 0 Å². The number of hydrogen-bond donors (Lipinski definition) is 0. The van der Waals surface area contributed by atoms with Crippen LogP contribution in [0, 0.1) is 0 Å². The molecule has 1 aliphatic carbocycles. The van der Waals surface area contributed by atoms with Crippen molar-refractivity contribution in [3.63, 3.8) is 0 Å². The fourth-order valence-corrected chi connectivity index (χ4v) is 3.94. The van der Waals surface area contributed by atoms with Crippen LogP contribution < -0.4 is 0 Å². The Bertz CT molecular complexity index is 224. The van der Waals surface area contributed by atoms with Gasteiger partial charge in [0.1, 0.15) is 0 Å². The molecule has 3 heteroatoms. The minimum Gasteiger partial charge on any atom is -0.501 e. The Morgan fingerprint density at radius 2 is 1.71 bits per heavy atom. The predicted molar refractivity (Wildman–Crippen MR) is 62.2 cm³/mol. The van der Waals surface area contributed by atoms with Gasteiger partial charge in [0.25, 0.3) is 0 Å². The van der Waals surface area contributed by atoms with E-state index in [1.807, 2.05) is 0 Å². The van der Waals surface area contributed by atoms with Gasteiger partial charge < -0.3 is 9.47 Å². The third kappa shape index (κ3) is 2.64. The van der Waals surface area contributed by atoms with Crippen LogP contribution in [-0.2, 0) is 9.47 Å². The highest BCUT2D eigenvalue weighted by Crippen LogP contribution is 2.33. The summed E-state index contributed by atoms with van der Waals surface area (Å²) >= 11 is 0. The summed E-state index contributed by atoms with van der Waals surface area (Å²) in [4.78, 5) is 0. The minimum atomic E-state index is -0.203. The number of rotatable bonds is 4. The molecule has 0 bridgehead atoms. The Morgan fingerprint density at radius 3 is 2.07 bits per heavy atom. The van der Waals surface area contributed by atoms with Gasteiger partial charge in [0.2, 0.25) is 0 Å². The molecule has 1 rings (SSSR count). The van der Waals surface area contributed by atoms with Crippen LogP contribution in [0.3, 0.4) is 0 Å². The maximum atomic E-state index is 5.41. The Morgan fingerprint density at radius 1 is 1.21 bits per heavy atom. The summed E-state index contributed by atoms with van der Waals surface area (Å²) in [5, 5.41) is 0. The number of hydrogen-bond acceptors (Lipinski definition) is 2. The van der Waals surface area contributed by atoms with E-state index in [4.69, 9.17) is 9.47 Å². The number of ether oxygens (including phenoxy) is 2. The van der Waals surface area contributed by atoms with E-state index < -0.39 is 0 Å². The van der Waals surface area contributed by atoms with E-state index in [0.717, 1.165) is 23.5 Å². The van der Waals surface area contributed by atoms with E-state index in [2.05, 4.69) is 26.0 Å². The van der Waals surface area contributed by atoms with Crippen LogP contribution in [0.25, 0.3) is 0 Å². The van der Waals surface area contributed by atoms with Gasteiger partial charge in [-0.05, 0) is 18.6 Å². The van der Waals surface area contributed by atoms with Crippen molar-refractivity contribution < 1.29 is 9.47 Å². The third-order valence-corrected chi connectivity index (χ3v) is 4.72. The molecule has 80 valence electrons. The van der Waals surface area contributed by atoms with Crippen molar-refractivity contribution in [2.24, 2.45) is 0 Å². The normalized spacial score (nSPS) is 18.6. The van der Waals surface area contributed by atoms with E-state index in [0.29, 0.717) is 5.54 Å². The highest BCUT2D eigenvalue weighted by molar-refractivity contribution is 6.41. The summed E-state index contributed by atoms with van der Waals surface area (Å²) < 4.78 is 10.8. The smallest absolute Gasteiger partial charge is 0.0990 e. The maximum Gasteiger partial charge on any atom is 0.0990 e. The van der Waals surface area contributed by atoms with E-state index >= 15 is 0 Å². The lowest BCUT2D eigenvalue weighted by molar-refractivity contribution is 0.232. The van der Waals surface area contributed by atoms with Gasteiger partial charge in [-0.15, -0.1) is 0 Å². The van der Waals surface area contributed by atoms with Gasteiger partial charge in [0, 0.05) is 9.52 Å². The highest BCUT2D eigenvalue weighted by atomic mass is 28.2. The molecule has 0 atom stereocenters. The molecule has 0 amide bonds. The van der Waals surface area contributed by atoms with E-state index in [1.165, 1.54) is 0 Å². The second kappa shape index (κ2) is 5.25. The molecule has 0 unspecified atom stereocenters. The van der Waals surface area contributed by atoms with Crippen LogP contribution >= 0.6 is 0 Å². The number of methoxy groups -OCH3 is 2. The molecular formula is C11H20O2Si. The number of allylic oxidation sites excluding steroid dienone is 2. The van der Waals surface area contributed by atoms with Gasteiger partial charge in [-0.25, -0.2) is 0 Å². The van der Waals surface area contributed by atoms with Crippen LogP contribution in [-0.4, -0.2) is 23.7 Å². The molecule has 1 aliphatic rings. The van der Waals surface area contributed by atoms with E-state index in [1.54, 1.807) is 14.2 Å². The average molecular weight is 212 g/mol. The minimum absolute atomic E-state index is 0.203. The fraction of sp³-hybridized carbons (Fsp3) is 0.636. The molecule has 0 aromatic heterocycles. The van der Waals surface area contributed by atoms with Gasteiger partial charge >= 0.3 is 0 Å². The van der Waals surface area contributed by atoms with Gasteiger partial charge in [-0.3, -0.25) is 0 Å². The lowest BCUT2D eigenvalue weighted by Crippen LogP contribution is -2.16. The Kier molecular flexibility index (Phi) is 4.26. The van der Waals surface area contributed by atoms with Gasteiger partial charge in [0.15, 0.2) is 0 Å². The van der Waals surface area contributed by atoms with Crippen molar-refractivity contribution in [1.29, 1.82) is 0 Å². The van der Waals surface area contributed by atoms with Crippen LogP contribution in [0.2, 0.25) is 11.1 Å². The molecule has 0 aliphatic heterocycles. The van der Waals surface area contributed by atoms with E-state index in [9.17, 15) is 0 Å². The Hall–Kier alpha value is -0.703. The average Bonchev–Trinajstić information content (AvgIpc) is 2.17. The molecule has 0 N–H and O–H groups in total. The second-order valence-corrected chi connectivity index (χ2v) is 6.96. The summed E-state index contributed by atoms with van der Waals surface area (Å²) in [6.07, 6.45) is 5.28. The Labute approximate surface area is 88.8 Å². The van der Waals surface area contributed by atoms with Crippen molar-refractivity contribution in [2.45, 2.75) is 31.4 Å². The lowest BCUT2D eigenvalue weighted by Gasteiger charge is -2.25. The molecule has 0 aromatic carbocycles. The summed E-state index contributed by atoms with van der Waals surface area (Å²) in [5.41, 5.74) is 1.24. The molecule has 0 radical (unpaired) electrons. The molecule has 0 saturated heterocycles. The highest BCUT2D eigenvalue weighted by Gasteiger charge is 2.24. The van der Waals surface area contributed by atoms with Crippen molar-refractivity contribution in [3.05, 3.63) is 23.7 Å². The summed E-state index contributed by atoms with van der Waals surface area (Å²) in [6.45, 7) is 4.56. The second-order valence-electron chi connectivity index (χ2n) is 4.04. The van der Waals surface area contributed by atoms with Gasteiger partial charge in [0.05, 0.1) is 31.3 Å².